The van der Waals surface area contributed by atoms with Gasteiger partial charge in [-0.2, -0.15) is 0 Å². The van der Waals surface area contributed by atoms with Gasteiger partial charge in [-0.25, -0.2) is 0 Å². The Hall–Kier alpha value is -1.76. The summed E-state index contributed by atoms with van der Waals surface area (Å²) in [5, 5.41) is 0. The second-order valence-corrected chi connectivity index (χ2v) is 4.47. The largest absolute Gasteiger partial charge is 0.354 e. The Kier molecular flexibility index (Phi) is 2.17. The molecule has 1 aliphatic rings. The first-order valence-electron chi connectivity index (χ1n) is 5.70. The molecule has 1 aromatic heterocycles. The monoisotopic (exact) mass is 209 g/mol. The molecule has 2 aromatic rings. The highest BCUT2D eigenvalue weighted by Gasteiger charge is 2.12. The number of rotatable bonds is 2. The molecule has 16 heavy (non-hydrogen) atoms. The number of nitrogens with zero attached hydrogens (tertiary/aromatic N) is 1. The van der Waals surface area contributed by atoms with Crippen molar-refractivity contribution in [3.05, 3.63) is 65.0 Å². The average molecular weight is 209 g/mol. The SMILES string of the molecule is Cn1cccc1CC1=Cc2ccccc2C1. The van der Waals surface area contributed by atoms with Crippen LogP contribution in [0.2, 0.25) is 0 Å². The highest BCUT2D eigenvalue weighted by molar-refractivity contribution is 5.64. The van der Waals surface area contributed by atoms with Crippen molar-refractivity contribution in [3.8, 4) is 0 Å². The number of hydrogen-bond donors (Lipinski definition) is 0. The van der Waals surface area contributed by atoms with Crippen LogP contribution in [0.1, 0.15) is 16.8 Å². The zero-order valence-electron chi connectivity index (χ0n) is 9.48. The van der Waals surface area contributed by atoms with Gasteiger partial charge in [0.25, 0.3) is 0 Å². The van der Waals surface area contributed by atoms with Gasteiger partial charge in [0, 0.05) is 25.4 Å². The maximum Gasteiger partial charge on any atom is 0.0212 e. The minimum atomic E-state index is 1.07. The molecule has 0 atom stereocenters. The molecule has 0 saturated carbocycles. The van der Waals surface area contributed by atoms with Crippen molar-refractivity contribution in [1.29, 1.82) is 0 Å². The second-order valence-electron chi connectivity index (χ2n) is 4.47. The predicted octanol–water partition coefficient (Wildman–Crippen LogP) is 3.21. The lowest BCUT2D eigenvalue weighted by Gasteiger charge is -2.03. The summed E-state index contributed by atoms with van der Waals surface area (Å²) in [6.45, 7) is 0. The van der Waals surface area contributed by atoms with E-state index in [9.17, 15) is 0 Å². The molecule has 0 radical (unpaired) electrons. The molecule has 0 N–H and O–H groups in total. The smallest absolute Gasteiger partial charge is 0.0212 e. The lowest BCUT2D eigenvalue weighted by molar-refractivity contribution is 0.840. The second kappa shape index (κ2) is 3.67. The van der Waals surface area contributed by atoms with Crippen molar-refractivity contribution in [2.24, 2.45) is 7.05 Å². The fraction of sp³-hybridized carbons (Fsp3) is 0.200. The molecule has 1 heterocycles. The van der Waals surface area contributed by atoms with Crippen LogP contribution in [0.5, 0.6) is 0 Å². The van der Waals surface area contributed by atoms with Crippen molar-refractivity contribution < 1.29 is 0 Å². The van der Waals surface area contributed by atoms with E-state index in [1.54, 1.807) is 0 Å². The lowest BCUT2D eigenvalue weighted by atomic mass is 10.1. The van der Waals surface area contributed by atoms with E-state index in [0.29, 0.717) is 0 Å². The topological polar surface area (TPSA) is 4.93 Å². The molecule has 0 unspecified atom stereocenters. The average Bonchev–Trinajstić information content (AvgIpc) is 2.85. The third-order valence-corrected chi connectivity index (χ3v) is 3.29. The molecule has 1 aliphatic carbocycles. The van der Waals surface area contributed by atoms with Crippen LogP contribution in [0.3, 0.4) is 0 Å². The van der Waals surface area contributed by atoms with Crippen molar-refractivity contribution in [1.82, 2.24) is 4.57 Å². The number of allylic oxidation sites excluding steroid dienone is 1. The Morgan fingerprint density at radius 3 is 2.75 bits per heavy atom. The van der Waals surface area contributed by atoms with E-state index in [1.165, 1.54) is 22.4 Å². The number of benzene rings is 1. The molecule has 1 aromatic carbocycles. The summed E-state index contributed by atoms with van der Waals surface area (Å²) < 4.78 is 2.20. The molecular weight excluding hydrogens is 194 g/mol. The van der Waals surface area contributed by atoms with Crippen LogP contribution in [0.15, 0.2) is 48.2 Å². The summed E-state index contributed by atoms with van der Waals surface area (Å²) in [6, 6.07) is 13.0. The quantitative estimate of drug-likeness (QED) is 0.715. The highest BCUT2D eigenvalue weighted by Crippen LogP contribution is 2.26. The van der Waals surface area contributed by atoms with Crippen LogP contribution in [0.25, 0.3) is 6.08 Å². The summed E-state index contributed by atoms with van der Waals surface area (Å²) in [7, 11) is 2.11. The summed E-state index contributed by atoms with van der Waals surface area (Å²) in [5.74, 6) is 0. The number of aryl methyl sites for hydroxylation is 1. The fourth-order valence-corrected chi connectivity index (χ4v) is 2.38. The molecular formula is C15H15N. The molecule has 1 heteroatoms. The first-order chi connectivity index (χ1) is 7.83. The first-order valence-corrected chi connectivity index (χ1v) is 5.70. The summed E-state index contributed by atoms with van der Waals surface area (Å²) >= 11 is 0. The number of hydrogen-bond acceptors (Lipinski definition) is 0. The molecule has 0 saturated heterocycles. The van der Waals surface area contributed by atoms with Gasteiger partial charge < -0.3 is 4.57 Å². The lowest BCUT2D eigenvalue weighted by Crippen LogP contribution is -1.97. The van der Waals surface area contributed by atoms with Crippen LogP contribution in [0, 0.1) is 0 Å². The molecule has 1 nitrogen and oxygen atoms in total. The summed E-state index contributed by atoms with van der Waals surface area (Å²) in [4.78, 5) is 0. The normalized spacial score (nSPS) is 13.7. The summed E-state index contributed by atoms with van der Waals surface area (Å²) in [6.07, 6.45) is 6.62. The minimum absolute atomic E-state index is 1.07. The van der Waals surface area contributed by atoms with E-state index in [1.807, 2.05) is 0 Å². The highest BCUT2D eigenvalue weighted by atomic mass is 14.9. The first kappa shape index (κ1) is 9.46. The molecule has 0 amide bonds. The molecule has 80 valence electrons. The third-order valence-electron chi connectivity index (χ3n) is 3.29. The molecule has 0 spiro atoms. The maximum absolute atomic E-state index is 2.34. The van der Waals surface area contributed by atoms with Crippen LogP contribution in [-0.2, 0) is 19.9 Å². The van der Waals surface area contributed by atoms with Crippen molar-refractivity contribution in [2.45, 2.75) is 12.8 Å². The predicted molar refractivity (Wildman–Crippen MR) is 67.2 cm³/mol. The van der Waals surface area contributed by atoms with E-state index < -0.39 is 0 Å². The van der Waals surface area contributed by atoms with E-state index in [2.05, 4.69) is 60.3 Å². The van der Waals surface area contributed by atoms with Crippen LogP contribution >= 0.6 is 0 Å². The van der Waals surface area contributed by atoms with E-state index in [4.69, 9.17) is 0 Å². The molecule has 0 bridgehead atoms. The van der Waals surface area contributed by atoms with Crippen molar-refractivity contribution in [3.63, 3.8) is 0 Å². The molecule has 3 rings (SSSR count). The van der Waals surface area contributed by atoms with Crippen LogP contribution < -0.4 is 0 Å². The van der Waals surface area contributed by atoms with Crippen LogP contribution in [-0.4, -0.2) is 4.57 Å². The summed E-state index contributed by atoms with van der Waals surface area (Å²) in [5.41, 5.74) is 5.76. The van der Waals surface area contributed by atoms with Crippen LogP contribution in [0.4, 0.5) is 0 Å². The van der Waals surface area contributed by atoms with Gasteiger partial charge in [-0.15, -0.1) is 0 Å². The Labute approximate surface area is 96.0 Å². The van der Waals surface area contributed by atoms with Gasteiger partial charge in [0.1, 0.15) is 0 Å². The maximum atomic E-state index is 2.34. The van der Waals surface area contributed by atoms with Gasteiger partial charge in [-0.1, -0.05) is 35.9 Å². The Morgan fingerprint density at radius 2 is 2.00 bits per heavy atom. The minimum Gasteiger partial charge on any atom is -0.354 e. The Bertz CT molecular complexity index is 546. The van der Waals surface area contributed by atoms with Gasteiger partial charge in [0.2, 0.25) is 0 Å². The van der Waals surface area contributed by atoms with Gasteiger partial charge in [-0.05, 0) is 29.7 Å². The zero-order valence-corrected chi connectivity index (χ0v) is 9.48. The molecule has 0 aliphatic heterocycles. The number of aromatic nitrogens is 1. The number of fused-ring (bicyclic) bond motifs is 1. The zero-order chi connectivity index (χ0) is 11.0. The van der Waals surface area contributed by atoms with Gasteiger partial charge in [0.15, 0.2) is 0 Å². The van der Waals surface area contributed by atoms with E-state index >= 15 is 0 Å². The van der Waals surface area contributed by atoms with Gasteiger partial charge in [-0.3, -0.25) is 0 Å². The van der Waals surface area contributed by atoms with Crippen molar-refractivity contribution >= 4 is 6.08 Å². The van der Waals surface area contributed by atoms with Crippen molar-refractivity contribution in [2.75, 3.05) is 0 Å². The fourth-order valence-electron chi connectivity index (χ4n) is 2.38. The third kappa shape index (κ3) is 1.58. The van der Waals surface area contributed by atoms with Gasteiger partial charge in [0.05, 0.1) is 0 Å². The Balaban J connectivity index is 1.84. The van der Waals surface area contributed by atoms with E-state index in [0.717, 1.165) is 12.8 Å². The Morgan fingerprint density at radius 1 is 1.12 bits per heavy atom. The van der Waals surface area contributed by atoms with Gasteiger partial charge >= 0.3 is 0 Å². The molecule has 0 fully saturated rings. The standard InChI is InChI=1S/C15H15N/c1-16-8-4-7-15(16)11-12-9-13-5-2-3-6-14(13)10-12/h2-9H,10-11H2,1H3. The van der Waals surface area contributed by atoms with E-state index in [-0.39, 0.29) is 0 Å².